The van der Waals surface area contributed by atoms with E-state index in [1.165, 1.54) is 205 Å². The molecule has 0 saturated heterocycles. The molecule has 3 atom stereocenters. The number of aliphatic hydroxyl groups excluding tert-OH is 1. The molecular formula is C64H122N2O6P+. The highest BCUT2D eigenvalue weighted by Gasteiger charge is 2.27. The summed E-state index contributed by atoms with van der Waals surface area (Å²) in [6, 6.07) is -0.850. The number of phosphoric ester groups is 1. The molecule has 9 heteroatoms. The number of carbonyl (C=O) groups is 1. The van der Waals surface area contributed by atoms with Crippen molar-refractivity contribution in [1.29, 1.82) is 0 Å². The molecule has 0 aliphatic rings. The van der Waals surface area contributed by atoms with Crippen LogP contribution in [0.3, 0.4) is 0 Å². The van der Waals surface area contributed by atoms with Crippen molar-refractivity contribution in [3.05, 3.63) is 60.8 Å². The number of quaternary nitrogens is 1. The monoisotopic (exact) mass is 1050 g/mol. The summed E-state index contributed by atoms with van der Waals surface area (Å²) in [5, 5.41) is 14.0. The standard InChI is InChI=1S/C64H121N2O6P/c1-6-8-10-12-14-16-18-20-22-24-26-28-30-32-33-34-36-38-40-42-44-46-48-50-52-54-56-58-64(68)65-62(61-72-73(69,70)71-60-59-66(3,4)5)63(67)57-55-53-51-49-47-45-43-41-39-37-35-31-29-27-25-23-21-19-17-15-13-11-9-7-2/h8,10,14,16,20,22,26,28,55,57,62-63,67H,6-7,9,11-13,15,17-19,21,23-25,27,29-54,56,58-61H2,1-5H3,(H-,65,68,69,70)/p+1/b10-8-,16-14-,22-20-,28-26-,57-55+. The zero-order valence-electron chi connectivity index (χ0n) is 48.9. The molecule has 0 aliphatic carbocycles. The number of likely N-dealkylation sites (N-methyl/N-ethyl adjacent to an activating group) is 1. The van der Waals surface area contributed by atoms with E-state index in [9.17, 15) is 19.4 Å². The Bertz CT molecular complexity index is 1370. The average Bonchev–Trinajstić information content (AvgIpc) is 3.35. The van der Waals surface area contributed by atoms with Gasteiger partial charge in [0.1, 0.15) is 13.2 Å². The van der Waals surface area contributed by atoms with Crippen LogP contribution in [-0.4, -0.2) is 73.4 Å². The minimum Gasteiger partial charge on any atom is -0.387 e. The molecule has 0 aliphatic heterocycles. The Kier molecular flexibility index (Phi) is 53.6. The number of nitrogens with zero attached hydrogens (tertiary/aromatic N) is 1. The number of rotatable bonds is 57. The number of allylic oxidation sites excluding steroid dienone is 9. The van der Waals surface area contributed by atoms with Crippen LogP contribution < -0.4 is 5.32 Å². The van der Waals surface area contributed by atoms with Crippen LogP contribution >= 0.6 is 7.82 Å². The maximum absolute atomic E-state index is 13.0. The van der Waals surface area contributed by atoms with E-state index in [2.05, 4.69) is 67.8 Å². The molecule has 0 aromatic carbocycles. The molecular weight excluding hydrogens is 924 g/mol. The largest absolute Gasteiger partial charge is 0.472 e. The molecule has 8 nitrogen and oxygen atoms in total. The van der Waals surface area contributed by atoms with Crippen molar-refractivity contribution in [3.8, 4) is 0 Å². The molecule has 3 unspecified atom stereocenters. The van der Waals surface area contributed by atoms with Gasteiger partial charge in [0.15, 0.2) is 0 Å². The third-order valence-corrected chi connectivity index (χ3v) is 15.0. The first kappa shape index (κ1) is 71.2. The van der Waals surface area contributed by atoms with Crippen molar-refractivity contribution in [2.75, 3.05) is 40.9 Å². The fraction of sp³-hybridized carbons (Fsp3) is 0.828. The molecule has 0 bridgehead atoms. The van der Waals surface area contributed by atoms with Crippen molar-refractivity contribution in [3.63, 3.8) is 0 Å². The van der Waals surface area contributed by atoms with Crippen LogP contribution in [0.15, 0.2) is 60.8 Å². The van der Waals surface area contributed by atoms with Crippen molar-refractivity contribution in [1.82, 2.24) is 5.32 Å². The Labute approximate surface area is 453 Å². The number of nitrogens with one attached hydrogen (secondary N) is 1. The summed E-state index contributed by atoms with van der Waals surface area (Å²) in [6.45, 7) is 4.74. The van der Waals surface area contributed by atoms with Crippen molar-refractivity contribution in [2.24, 2.45) is 0 Å². The van der Waals surface area contributed by atoms with Gasteiger partial charge in [-0.2, -0.15) is 0 Å². The second kappa shape index (κ2) is 55.0. The number of phosphoric acid groups is 1. The molecule has 0 fully saturated rings. The van der Waals surface area contributed by atoms with Gasteiger partial charge in [0.25, 0.3) is 0 Å². The zero-order valence-corrected chi connectivity index (χ0v) is 49.8. The summed E-state index contributed by atoms with van der Waals surface area (Å²) in [6.07, 6.45) is 74.7. The fourth-order valence-corrected chi connectivity index (χ4v) is 9.89. The van der Waals surface area contributed by atoms with E-state index in [0.717, 1.165) is 64.2 Å². The Hall–Kier alpha value is -1.80. The van der Waals surface area contributed by atoms with Gasteiger partial charge in [-0.1, -0.05) is 286 Å². The topological polar surface area (TPSA) is 105 Å². The lowest BCUT2D eigenvalue weighted by Gasteiger charge is -2.25. The molecule has 3 N–H and O–H groups in total. The maximum Gasteiger partial charge on any atom is 0.472 e. The highest BCUT2D eigenvalue weighted by Crippen LogP contribution is 2.43. The van der Waals surface area contributed by atoms with Gasteiger partial charge in [-0.25, -0.2) is 4.57 Å². The lowest BCUT2D eigenvalue weighted by molar-refractivity contribution is -0.870. The van der Waals surface area contributed by atoms with Crippen molar-refractivity contribution in [2.45, 2.75) is 302 Å². The van der Waals surface area contributed by atoms with E-state index in [-0.39, 0.29) is 19.1 Å². The Balaban J connectivity index is 4.15. The van der Waals surface area contributed by atoms with Gasteiger partial charge in [-0.15, -0.1) is 0 Å². The van der Waals surface area contributed by atoms with E-state index in [1.807, 2.05) is 27.2 Å². The number of amides is 1. The van der Waals surface area contributed by atoms with Gasteiger partial charge in [0.05, 0.1) is 39.9 Å². The lowest BCUT2D eigenvalue weighted by atomic mass is 10.0. The van der Waals surface area contributed by atoms with Crippen LogP contribution in [-0.2, 0) is 18.4 Å². The Morgan fingerprint density at radius 1 is 0.479 bits per heavy atom. The van der Waals surface area contributed by atoms with Gasteiger partial charge in [-0.3, -0.25) is 13.8 Å². The minimum absolute atomic E-state index is 0.0608. The summed E-state index contributed by atoms with van der Waals surface area (Å²) < 4.78 is 23.8. The van der Waals surface area contributed by atoms with E-state index in [4.69, 9.17) is 9.05 Å². The smallest absolute Gasteiger partial charge is 0.387 e. The van der Waals surface area contributed by atoms with Gasteiger partial charge in [0.2, 0.25) is 5.91 Å². The first-order valence-corrected chi connectivity index (χ1v) is 32.7. The van der Waals surface area contributed by atoms with E-state index < -0.39 is 20.0 Å². The molecule has 0 rings (SSSR count). The molecule has 73 heavy (non-hydrogen) atoms. The summed E-state index contributed by atoms with van der Waals surface area (Å²) in [7, 11) is 1.58. The van der Waals surface area contributed by atoms with Crippen molar-refractivity contribution < 1.29 is 32.9 Å². The Morgan fingerprint density at radius 3 is 1.21 bits per heavy atom. The number of unbranched alkanes of at least 4 members (excludes halogenated alkanes) is 36. The van der Waals surface area contributed by atoms with Crippen LogP contribution in [0.4, 0.5) is 0 Å². The second-order valence-corrected chi connectivity index (χ2v) is 23.9. The molecule has 1 amide bonds. The summed E-state index contributed by atoms with van der Waals surface area (Å²) in [4.78, 5) is 23.4. The summed E-state index contributed by atoms with van der Waals surface area (Å²) >= 11 is 0. The van der Waals surface area contributed by atoms with Gasteiger partial charge < -0.3 is 19.8 Å². The molecule has 0 heterocycles. The second-order valence-electron chi connectivity index (χ2n) is 22.4. The normalized spacial score (nSPS) is 14.2. The molecule has 0 saturated carbocycles. The number of hydrogen-bond acceptors (Lipinski definition) is 5. The van der Waals surface area contributed by atoms with Crippen molar-refractivity contribution >= 4 is 13.7 Å². The summed E-state index contributed by atoms with van der Waals surface area (Å²) in [5.74, 6) is -0.176. The van der Waals surface area contributed by atoms with Crippen LogP contribution in [0.5, 0.6) is 0 Å². The average molecular weight is 1050 g/mol. The maximum atomic E-state index is 13.0. The predicted molar refractivity (Wildman–Crippen MR) is 318 cm³/mol. The van der Waals surface area contributed by atoms with Gasteiger partial charge >= 0.3 is 7.82 Å². The first-order chi connectivity index (χ1) is 35.5. The predicted octanol–water partition coefficient (Wildman–Crippen LogP) is 19.3. The highest BCUT2D eigenvalue weighted by atomic mass is 31.2. The highest BCUT2D eigenvalue weighted by molar-refractivity contribution is 7.47. The number of carbonyl (C=O) groups excluding carboxylic acids is 1. The van der Waals surface area contributed by atoms with Gasteiger partial charge in [-0.05, 0) is 57.8 Å². The molecule has 428 valence electrons. The fourth-order valence-electron chi connectivity index (χ4n) is 9.15. The lowest BCUT2D eigenvalue weighted by Crippen LogP contribution is -2.45. The van der Waals surface area contributed by atoms with Crippen LogP contribution in [0.1, 0.15) is 290 Å². The van der Waals surface area contributed by atoms with Crippen LogP contribution in [0.25, 0.3) is 0 Å². The zero-order chi connectivity index (χ0) is 53.5. The van der Waals surface area contributed by atoms with E-state index >= 15 is 0 Å². The third kappa shape index (κ3) is 57.7. The molecule has 0 aromatic rings. The van der Waals surface area contributed by atoms with Crippen LogP contribution in [0.2, 0.25) is 0 Å². The van der Waals surface area contributed by atoms with E-state index in [0.29, 0.717) is 17.4 Å². The minimum atomic E-state index is -4.35. The molecule has 0 radical (unpaired) electrons. The number of aliphatic hydroxyl groups is 1. The SMILES string of the molecule is CC/C=C\C/C=C\C/C=C\C/C=C\CCCCCCCCCCCCCCCCC(=O)NC(COP(=O)(O)OCC[N+](C)(C)C)C(O)/C=C/CCCCCCCCCCCCCCCCCCCCCCCC. The quantitative estimate of drug-likeness (QED) is 0.0243. The molecule has 0 aromatic heterocycles. The first-order valence-electron chi connectivity index (χ1n) is 31.2. The summed E-state index contributed by atoms with van der Waals surface area (Å²) in [5.41, 5.74) is 0. The third-order valence-electron chi connectivity index (χ3n) is 14.0. The molecule has 0 spiro atoms. The van der Waals surface area contributed by atoms with E-state index in [1.54, 1.807) is 6.08 Å². The van der Waals surface area contributed by atoms with Gasteiger partial charge in [0, 0.05) is 6.42 Å². The van der Waals surface area contributed by atoms with Crippen LogP contribution in [0, 0.1) is 0 Å². The Morgan fingerprint density at radius 2 is 0.822 bits per heavy atom. The number of hydrogen-bond donors (Lipinski definition) is 3.